The van der Waals surface area contributed by atoms with Crippen molar-refractivity contribution >= 4 is 6.09 Å². The highest BCUT2D eigenvalue weighted by Crippen LogP contribution is 2.05. The van der Waals surface area contributed by atoms with Crippen LogP contribution < -0.4 is 5.32 Å². The monoisotopic (exact) mass is 175 g/mol. The first kappa shape index (κ1) is 9.28. The average molecular weight is 175 g/mol. The Kier molecular flexibility index (Phi) is 3.83. The van der Waals surface area contributed by atoms with Crippen LogP contribution in [0, 0.1) is 0 Å². The molecule has 1 fully saturated rings. The van der Waals surface area contributed by atoms with Crippen LogP contribution in [0.2, 0.25) is 0 Å². The molecule has 1 atom stereocenters. The summed E-state index contributed by atoms with van der Waals surface area (Å²) in [6.07, 6.45) is 1.26. The van der Waals surface area contributed by atoms with Gasteiger partial charge >= 0.3 is 6.09 Å². The molecule has 5 nitrogen and oxygen atoms in total. The van der Waals surface area contributed by atoms with E-state index in [1.807, 2.05) is 0 Å². The Hall–Kier alpha value is -0.810. The summed E-state index contributed by atoms with van der Waals surface area (Å²) in [5, 5.41) is 10.8. The van der Waals surface area contributed by atoms with Crippen molar-refractivity contribution in [2.75, 3.05) is 20.0 Å². The molecule has 1 rings (SSSR count). The highest BCUT2D eigenvalue weighted by molar-refractivity contribution is 5.67. The Morgan fingerprint density at radius 1 is 1.75 bits per heavy atom. The lowest BCUT2D eigenvalue weighted by Gasteiger charge is -2.22. The molecular weight excluding hydrogens is 162 g/mol. The van der Waals surface area contributed by atoms with Gasteiger partial charge in [-0.15, -0.1) is 0 Å². The van der Waals surface area contributed by atoms with E-state index in [9.17, 15) is 4.79 Å². The van der Waals surface area contributed by atoms with E-state index in [4.69, 9.17) is 9.84 Å². The van der Waals surface area contributed by atoms with Crippen LogP contribution in [0.1, 0.15) is 12.8 Å². The van der Waals surface area contributed by atoms with E-state index in [0.29, 0.717) is 6.61 Å². The van der Waals surface area contributed by atoms with Crippen molar-refractivity contribution < 1.29 is 19.4 Å². The minimum Gasteiger partial charge on any atom is -0.423 e. The van der Waals surface area contributed by atoms with Gasteiger partial charge in [0.25, 0.3) is 0 Å². The van der Waals surface area contributed by atoms with Crippen molar-refractivity contribution in [1.29, 1.82) is 0 Å². The number of carbonyl (C=O) groups excluding carboxylic acids is 1. The molecule has 1 unspecified atom stereocenters. The Balaban J connectivity index is 2.15. The van der Waals surface area contributed by atoms with Crippen LogP contribution in [0.3, 0.4) is 0 Å². The number of alkyl carbamates (subject to hydrolysis) is 1. The van der Waals surface area contributed by atoms with Gasteiger partial charge in [0.2, 0.25) is 0 Å². The van der Waals surface area contributed by atoms with Gasteiger partial charge in [0.15, 0.2) is 6.79 Å². The predicted molar refractivity (Wildman–Crippen MR) is 40.5 cm³/mol. The highest BCUT2D eigenvalue weighted by atomic mass is 16.6. The Labute approximate surface area is 70.7 Å². The van der Waals surface area contributed by atoms with E-state index in [0.717, 1.165) is 19.4 Å². The van der Waals surface area contributed by atoms with Gasteiger partial charge < -0.3 is 19.9 Å². The molecule has 1 saturated heterocycles. The summed E-state index contributed by atoms with van der Waals surface area (Å²) in [6.45, 7) is 0.702. The second-order valence-corrected chi connectivity index (χ2v) is 2.62. The summed E-state index contributed by atoms with van der Waals surface area (Å²) < 4.78 is 9.42. The van der Waals surface area contributed by atoms with Gasteiger partial charge in [-0.2, -0.15) is 0 Å². The lowest BCUT2D eigenvalue weighted by atomic mass is 10.1. The van der Waals surface area contributed by atoms with Gasteiger partial charge in [-0.25, -0.2) is 4.79 Å². The van der Waals surface area contributed by atoms with E-state index in [1.54, 1.807) is 0 Å². The second kappa shape index (κ2) is 4.95. The molecule has 0 aromatic carbocycles. The van der Waals surface area contributed by atoms with Crippen LogP contribution in [0.4, 0.5) is 4.79 Å². The molecule has 0 saturated carbocycles. The number of hydrogen-bond donors (Lipinski definition) is 2. The number of nitrogens with one attached hydrogen (secondary N) is 1. The SMILES string of the molecule is O=C(NC1CCCOC1)OCO. The molecule has 0 aromatic rings. The Bertz CT molecular complexity index is 144. The van der Waals surface area contributed by atoms with Gasteiger partial charge in [-0.1, -0.05) is 0 Å². The normalized spacial score (nSPS) is 23.2. The number of aliphatic hydroxyl groups is 1. The highest BCUT2D eigenvalue weighted by Gasteiger charge is 2.16. The standard InChI is InChI=1S/C7H13NO4/c9-5-12-7(10)8-6-2-1-3-11-4-6/h6,9H,1-5H2,(H,8,10). The van der Waals surface area contributed by atoms with Gasteiger partial charge in [0, 0.05) is 6.61 Å². The topological polar surface area (TPSA) is 67.8 Å². The Morgan fingerprint density at radius 3 is 3.17 bits per heavy atom. The third-order valence-corrected chi connectivity index (χ3v) is 1.68. The maximum atomic E-state index is 10.8. The van der Waals surface area contributed by atoms with Crippen molar-refractivity contribution in [1.82, 2.24) is 5.32 Å². The lowest BCUT2D eigenvalue weighted by Crippen LogP contribution is -2.40. The molecule has 5 heteroatoms. The fourth-order valence-electron chi connectivity index (χ4n) is 1.12. The van der Waals surface area contributed by atoms with Gasteiger partial charge in [0.1, 0.15) is 0 Å². The van der Waals surface area contributed by atoms with Crippen molar-refractivity contribution in [3.05, 3.63) is 0 Å². The third-order valence-electron chi connectivity index (χ3n) is 1.68. The second-order valence-electron chi connectivity index (χ2n) is 2.62. The van der Waals surface area contributed by atoms with E-state index < -0.39 is 12.9 Å². The number of carbonyl (C=O) groups is 1. The summed E-state index contributed by atoms with van der Waals surface area (Å²) in [7, 11) is 0. The number of amides is 1. The minimum atomic E-state index is -0.590. The van der Waals surface area contributed by atoms with Crippen molar-refractivity contribution in [2.24, 2.45) is 0 Å². The molecule has 0 bridgehead atoms. The Morgan fingerprint density at radius 2 is 2.58 bits per heavy atom. The smallest absolute Gasteiger partial charge is 0.409 e. The third kappa shape index (κ3) is 3.06. The zero-order chi connectivity index (χ0) is 8.81. The maximum Gasteiger partial charge on any atom is 0.409 e. The molecule has 1 aliphatic rings. The molecule has 2 N–H and O–H groups in total. The van der Waals surface area contributed by atoms with Crippen molar-refractivity contribution in [3.8, 4) is 0 Å². The average Bonchev–Trinajstić information content (AvgIpc) is 2.06. The molecular formula is C7H13NO4. The van der Waals surface area contributed by atoms with Gasteiger partial charge in [0.05, 0.1) is 12.6 Å². The molecule has 12 heavy (non-hydrogen) atoms. The van der Waals surface area contributed by atoms with Gasteiger partial charge in [-0.3, -0.25) is 0 Å². The maximum absolute atomic E-state index is 10.8. The summed E-state index contributed by atoms with van der Waals surface area (Å²) in [6, 6.07) is 0.0257. The van der Waals surface area contributed by atoms with Gasteiger partial charge in [-0.05, 0) is 12.8 Å². The van der Waals surface area contributed by atoms with Crippen LogP contribution in [-0.2, 0) is 9.47 Å². The molecule has 70 valence electrons. The fourth-order valence-corrected chi connectivity index (χ4v) is 1.12. The van der Waals surface area contributed by atoms with E-state index in [-0.39, 0.29) is 6.04 Å². The summed E-state index contributed by atoms with van der Waals surface area (Å²) in [5.41, 5.74) is 0. The molecule has 0 radical (unpaired) electrons. The van der Waals surface area contributed by atoms with Crippen LogP contribution in [0.5, 0.6) is 0 Å². The largest absolute Gasteiger partial charge is 0.423 e. The van der Waals surface area contributed by atoms with Crippen molar-refractivity contribution in [3.63, 3.8) is 0 Å². The molecule has 0 spiro atoms. The molecule has 1 heterocycles. The molecule has 1 amide bonds. The van der Waals surface area contributed by atoms with Crippen LogP contribution >= 0.6 is 0 Å². The predicted octanol–water partition coefficient (Wildman–Crippen LogP) is -0.159. The quantitative estimate of drug-likeness (QED) is 0.572. The number of rotatable bonds is 2. The first-order chi connectivity index (χ1) is 5.83. The summed E-state index contributed by atoms with van der Waals surface area (Å²) in [5.74, 6) is 0. The fraction of sp³-hybridized carbons (Fsp3) is 0.857. The van der Waals surface area contributed by atoms with E-state index >= 15 is 0 Å². The number of ether oxygens (including phenoxy) is 2. The number of hydrogen-bond acceptors (Lipinski definition) is 4. The zero-order valence-corrected chi connectivity index (χ0v) is 6.78. The summed E-state index contributed by atoms with van der Waals surface area (Å²) >= 11 is 0. The summed E-state index contributed by atoms with van der Waals surface area (Å²) in [4.78, 5) is 10.8. The minimum absolute atomic E-state index is 0.0257. The van der Waals surface area contributed by atoms with Crippen LogP contribution in [0.25, 0.3) is 0 Å². The molecule has 1 aliphatic heterocycles. The van der Waals surface area contributed by atoms with E-state index in [1.165, 1.54) is 0 Å². The lowest BCUT2D eigenvalue weighted by molar-refractivity contribution is 0.0311. The number of aliphatic hydroxyl groups excluding tert-OH is 1. The first-order valence-electron chi connectivity index (χ1n) is 3.95. The van der Waals surface area contributed by atoms with Crippen molar-refractivity contribution in [2.45, 2.75) is 18.9 Å². The van der Waals surface area contributed by atoms with Crippen LogP contribution in [-0.4, -0.2) is 37.2 Å². The van der Waals surface area contributed by atoms with Crippen LogP contribution in [0.15, 0.2) is 0 Å². The first-order valence-corrected chi connectivity index (χ1v) is 3.95. The molecule has 0 aromatic heterocycles. The van der Waals surface area contributed by atoms with E-state index in [2.05, 4.69) is 10.1 Å². The zero-order valence-electron chi connectivity index (χ0n) is 6.78. The molecule has 0 aliphatic carbocycles.